The van der Waals surface area contributed by atoms with Gasteiger partial charge in [0, 0.05) is 44.7 Å². The first kappa shape index (κ1) is 11.9. The molecule has 4 heteroatoms. The Bertz CT molecular complexity index is 430. The first-order valence-corrected chi connectivity index (χ1v) is 6.71. The van der Waals surface area contributed by atoms with Crippen molar-refractivity contribution < 1.29 is 9.13 Å². The lowest BCUT2D eigenvalue weighted by atomic mass is 10.0. The van der Waals surface area contributed by atoms with Gasteiger partial charge in [-0.05, 0) is 24.1 Å². The van der Waals surface area contributed by atoms with Crippen LogP contribution in [0.4, 0.5) is 4.39 Å². The maximum absolute atomic E-state index is 13.9. The third-order valence-corrected chi connectivity index (χ3v) is 3.83. The monoisotopic (exact) mass is 250 g/mol. The minimum absolute atomic E-state index is 0.0746. The molecule has 0 radical (unpaired) electrons. The van der Waals surface area contributed by atoms with Crippen LogP contribution >= 0.6 is 0 Å². The molecular formula is C14H19FN2O. The number of hydrogen-bond acceptors (Lipinski definition) is 3. The summed E-state index contributed by atoms with van der Waals surface area (Å²) < 4.78 is 19.4. The summed E-state index contributed by atoms with van der Waals surface area (Å²) in [5.74, 6) is 0.807. The SMILES string of the molecule is Fc1ccc2c(c1CCN1CCNCC1)CCO2. The molecule has 2 heterocycles. The minimum Gasteiger partial charge on any atom is -0.493 e. The number of hydrogen-bond donors (Lipinski definition) is 1. The van der Waals surface area contributed by atoms with Crippen LogP contribution in [0.2, 0.25) is 0 Å². The van der Waals surface area contributed by atoms with E-state index in [0.29, 0.717) is 6.61 Å². The van der Waals surface area contributed by atoms with Crippen LogP contribution in [0.3, 0.4) is 0 Å². The topological polar surface area (TPSA) is 24.5 Å². The second kappa shape index (κ2) is 5.24. The molecule has 18 heavy (non-hydrogen) atoms. The zero-order valence-electron chi connectivity index (χ0n) is 10.5. The summed E-state index contributed by atoms with van der Waals surface area (Å²) >= 11 is 0. The second-order valence-corrected chi connectivity index (χ2v) is 4.94. The summed E-state index contributed by atoms with van der Waals surface area (Å²) in [5.41, 5.74) is 1.95. The number of nitrogens with one attached hydrogen (secondary N) is 1. The van der Waals surface area contributed by atoms with Crippen LogP contribution in [0.15, 0.2) is 12.1 Å². The number of nitrogens with zero attached hydrogens (tertiary/aromatic N) is 1. The van der Waals surface area contributed by atoms with E-state index in [4.69, 9.17) is 4.74 Å². The van der Waals surface area contributed by atoms with E-state index in [1.165, 1.54) is 6.07 Å². The molecule has 0 aliphatic carbocycles. The highest BCUT2D eigenvalue weighted by atomic mass is 19.1. The first-order valence-electron chi connectivity index (χ1n) is 6.71. The number of ether oxygens (including phenoxy) is 1. The summed E-state index contributed by atoms with van der Waals surface area (Å²) in [6.07, 6.45) is 1.64. The van der Waals surface area contributed by atoms with Crippen molar-refractivity contribution in [3.63, 3.8) is 0 Å². The lowest BCUT2D eigenvalue weighted by molar-refractivity contribution is 0.243. The largest absolute Gasteiger partial charge is 0.493 e. The number of fused-ring (bicyclic) bond motifs is 1. The normalized spacial score (nSPS) is 19.6. The Hall–Kier alpha value is -1.13. The molecule has 0 aromatic heterocycles. The predicted molar refractivity (Wildman–Crippen MR) is 68.6 cm³/mol. The molecule has 1 N–H and O–H groups in total. The fourth-order valence-corrected chi connectivity index (χ4v) is 2.79. The molecule has 1 saturated heterocycles. The van der Waals surface area contributed by atoms with Crippen LogP contribution < -0.4 is 10.1 Å². The van der Waals surface area contributed by atoms with Gasteiger partial charge < -0.3 is 15.0 Å². The molecule has 0 unspecified atom stereocenters. The molecule has 98 valence electrons. The van der Waals surface area contributed by atoms with Gasteiger partial charge in [0.2, 0.25) is 0 Å². The summed E-state index contributed by atoms with van der Waals surface area (Å²) in [5, 5.41) is 3.33. The Morgan fingerprint density at radius 1 is 1.28 bits per heavy atom. The van der Waals surface area contributed by atoms with Gasteiger partial charge in [0.25, 0.3) is 0 Å². The van der Waals surface area contributed by atoms with Gasteiger partial charge in [-0.2, -0.15) is 0 Å². The standard InChI is InChI=1S/C14H19FN2O/c15-13-1-2-14-12(4-10-18-14)11(13)3-7-17-8-5-16-6-9-17/h1-2,16H,3-10H2. The lowest BCUT2D eigenvalue weighted by Crippen LogP contribution is -2.44. The van der Waals surface area contributed by atoms with E-state index in [1.807, 2.05) is 0 Å². The van der Waals surface area contributed by atoms with Crippen LogP contribution in [0.1, 0.15) is 11.1 Å². The Morgan fingerprint density at radius 3 is 2.94 bits per heavy atom. The molecule has 0 spiro atoms. The Kier molecular flexibility index (Phi) is 3.48. The van der Waals surface area contributed by atoms with Crippen molar-refractivity contribution in [1.29, 1.82) is 0 Å². The Labute approximate surface area is 107 Å². The number of piperazine rings is 1. The summed E-state index contributed by atoms with van der Waals surface area (Å²) in [7, 11) is 0. The molecule has 2 aliphatic heterocycles. The van der Waals surface area contributed by atoms with Crippen molar-refractivity contribution in [2.24, 2.45) is 0 Å². The van der Waals surface area contributed by atoms with Gasteiger partial charge in [-0.15, -0.1) is 0 Å². The second-order valence-electron chi connectivity index (χ2n) is 4.94. The summed E-state index contributed by atoms with van der Waals surface area (Å²) in [6, 6.07) is 3.29. The molecule has 1 fully saturated rings. The van der Waals surface area contributed by atoms with Crippen molar-refractivity contribution in [3.05, 3.63) is 29.1 Å². The highest BCUT2D eigenvalue weighted by molar-refractivity contribution is 5.43. The van der Waals surface area contributed by atoms with Crippen LogP contribution in [0.25, 0.3) is 0 Å². The van der Waals surface area contributed by atoms with Crippen molar-refractivity contribution in [2.75, 3.05) is 39.3 Å². The van der Waals surface area contributed by atoms with Gasteiger partial charge in [0.15, 0.2) is 0 Å². The first-order chi connectivity index (χ1) is 8.84. The van der Waals surface area contributed by atoms with E-state index in [9.17, 15) is 4.39 Å². The molecule has 3 rings (SSSR count). The fraction of sp³-hybridized carbons (Fsp3) is 0.571. The van der Waals surface area contributed by atoms with Crippen LogP contribution in [-0.2, 0) is 12.8 Å². The Balaban J connectivity index is 1.70. The van der Waals surface area contributed by atoms with E-state index in [-0.39, 0.29) is 5.82 Å². The number of rotatable bonds is 3. The maximum atomic E-state index is 13.9. The van der Waals surface area contributed by atoms with Gasteiger partial charge in [-0.25, -0.2) is 4.39 Å². The van der Waals surface area contributed by atoms with Gasteiger partial charge in [0.05, 0.1) is 6.61 Å². The lowest BCUT2D eigenvalue weighted by Gasteiger charge is -2.27. The zero-order chi connectivity index (χ0) is 12.4. The minimum atomic E-state index is -0.0746. The number of halogens is 1. The molecule has 2 aliphatic rings. The quantitative estimate of drug-likeness (QED) is 0.872. The molecule has 1 aromatic rings. The predicted octanol–water partition coefficient (Wildman–Crippen LogP) is 1.21. The zero-order valence-corrected chi connectivity index (χ0v) is 10.5. The van der Waals surface area contributed by atoms with Crippen LogP contribution in [-0.4, -0.2) is 44.2 Å². The molecule has 0 atom stereocenters. The molecule has 3 nitrogen and oxygen atoms in total. The van der Waals surface area contributed by atoms with Gasteiger partial charge in [-0.1, -0.05) is 0 Å². The van der Waals surface area contributed by atoms with Crippen LogP contribution in [0.5, 0.6) is 5.75 Å². The van der Waals surface area contributed by atoms with Gasteiger partial charge in [-0.3, -0.25) is 0 Å². The third-order valence-electron chi connectivity index (χ3n) is 3.83. The van der Waals surface area contributed by atoms with E-state index in [2.05, 4.69) is 10.2 Å². The van der Waals surface area contributed by atoms with Crippen molar-refractivity contribution in [1.82, 2.24) is 10.2 Å². The number of benzene rings is 1. The van der Waals surface area contributed by atoms with Gasteiger partial charge in [0.1, 0.15) is 11.6 Å². The third kappa shape index (κ3) is 2.35. The average Bonchev–Trinajstić information content (AvgIpc) is 2.87. The average molecular weight is 250 g/mol. The molecule has 1 aromatic carbocycles. The Morgan fingerprint density at radius 2 is 2.11 bits per heavy atom. The van der Waals surface area contributed by atoms with E-state index >= 15 is 0 Å². The highest BCUT2D eigenvalue weighted by Gasteiger charge is 2.20. The maximum Gasteiger partial charge on any atom is 0.126 e. The van der Waals surface area contributed by atoms with Crippen molar-refractivity contribution in [3.8, 4) is 5.75 Å². The van der Waals surface area contributed by atoms with E-state index < -0.39 is 0 Å². The van der Waals surface area contributed by atoms with Crippen molar-refractivity contribution in [2.45, 2.75) is 12.8 Å². The van der Waals surface area contributed by atoms with Crippen LogP contribution in [0, 0.1) is 5.82 Å². The molecule has 0 amide bonds. The molecule has 0 saturated carbocycles. The highest BCUT2D eigenvalue weighted by Crippen LogP contribution is 2.30. The van der Waals surface area contributed by atoms with Crippen molar-refractivity contribution >= 4 is 0 Å². The smallest absolute Gasteiger partial charge is 0.126 e. The summed E-state index contributed by atoms with van der Waals surface area (Å²) in [4.78, 5) is 2.39. The van der Waals surface area contributed by atoms with E-state index in [0.717, 1.165) is 62.4 Å². The fourth-order valence-electron chi connectivity index (χ4n) is 2.79. The summed E-state index contributed by atoms with van der Waals surface area (Å²) in [6.45, 7) is 5.84. The van der Waals surface area contributed by atoms with Gasteiger partial charge >= 0.3 is 0 Å². The molecule has 0 bridgehead atoms. The van der Waals surface area contributed by atoms with E-state index in [1.54, 1.807) is 6.07 Å². The molecular weight excluding hydrogens is 231 g/mol.